The first kappa shape index (κ1) is 22.2. The van der Waals surface area contributed by atoms with Gasteiger partial charge in [0.15, 0.2) is 11.5 Å². The Labute approximate surface area is 193 Å². The average molecular weight is 455 g/mol. The van der Waals surface area contributed by atoms with Crippen molar-refractivity contribution in [2.75, 3.05) is 6.61 Å². The SMILES string of the molecule is CCOc1cc(/C=C2\NC(=O)N(C3CCCCC3)C2=O)ccc1OCc1ccc(Cl)cc1. The molecule has 1 saturated heterocycles. The van der Waals surface area contributed by atoms with Gasteiger partial charge in [-0.05, 0) is 61.2 Å². The number of benzene rings is 2. The van der Waals surface area contributed by atoms with Crippen LogP contribution in [0.1, 0.15) is 50.2 Å². The standard InChI is InChI=1S/C25H27ClN2O4/c1-2-31-23-15-18(10-13-22(23)32-16-17-8-11-19(26)12-9-17)14-21-24(29)28(25(30)27-21)20-6-4-3-5-7-20/h8-15,20H,2-7,16H2,1H3,(H,27,30)/b21-14-. The van der Waals surface area contributed by atoms with Crippen molar-refractivity contribution >= 4 is 29.6 Å². The summed E-state index contributed by atoms with van der Waals surface area (Å²) in [6, 6.07) is 12.6. The molecule has 1 saturated carbocycles. The molecule has 2 fully saturated rings. The number of nitrogens with one attached hydrogen (secondary N) is 1. The van der Waals surface area contributed by atoms with E-state index in [0.717, 1.165) is 43.2 Å². The molecule has 3 amide bonds. The third-order valence-corrected chi connectivity index (χ3v) is 5.99. The van der Waals surface area contributed by atoms with Crippen molar-refractivity contribution in [3.8, 4) is 11.5 Å². The van der Waals surface area contributed by atoms with Crippen LogP contribution in [-0.2, 0) is 11.4 Å². The van der Waals surface area contributed by atoms with E-state index in [1.54, 1.807) is 6.08 Å². The summed E-state index contributed by atoms with van der Waals surface area (Å²) in [6.45, 7) is 2.75. The second-order valence-electron chi connectivity index (χ2n) is 8.01. The molecule has 2 aliphatic rings. The number of amides is 3. The van der Waals surface area contributed by atoms with E-state index in [2.05, 4.69) is 5.32 Å². The molecule has 0 radical (unpaired) electrons. The van der Waals surface area contributed by atoms with Crippen LogP contribution in [0, 0.1) is 0 Å². The van der Waals surface area contributed by atoms with Crippen molar-refractivity contribution < 1.29 is 19.1 Å². The minimum absolute atomic E-state index is 0.00946. The number of ether oxygens (including phenoxy) is 2. The van der Waals surface area contributed by atoms with Crippen LogP contribution in [0.4, 0.5) is 4.79 Å². The largest absolute Gasteiger partial charge is 0.490 e. The Morgan fingerprint density at radius 1 is 1.03 bits per heavy atom. The molecule has 32 heavy (non-hydrogen) atoms. The first-order valence-corrected chi connectivity index (χ1v) is 11.4. The molecule has 0 spiro atoms. The predicted molar refractivity (Wildman–Crippen MR) is 124 cm³/mol. The van der Waals surface area contributed by atoms with Crippen molar-refractivity contribution in [3.63, 3.8) is 0 Å². The van der Waals surface area contributed by atoms with Gasteiger partial charge in [0.2, 0.25) is 0 Å². The Morgan fingerprint density at radius 2 is 1.78 bits per heavy atom. The van der Waals surface area contributed by atoms with Crippen molar-refractivity contribution in [1.29, 1.82) is 0 Å². The van der Waals surface area contributed by atoms with E-state index in [0.29, 0.717) is 29.7 Å². The van der Waals surface area contributed by atoms with Crippen molar-refractivity contribution in [1.82, 2.24) is 10.2 Å². The van der Waals surface area contributed by atoms with E-state index in [1.165, 1.54) is 4.90 Å². The number of hydrogen-bond acceptors (Lipinski definition) is 4. The normalized spacial score (nSPS) is 18.2. The average Bonchev–Trinajstić information content (AvgIpc) is 3.08. The van der Waals surface area contributed by atoms with Crippen LogP contribution in [0.3, 0.4) is 0 Å². The molecule has 1 heterocycles. The van der Waals surface area contributed by atoms with Gasteiger partial charge in [0.1, 0.15) is 12.3 Å². The van der Waals surface area contributed by atoms with Crippen molar-refractivity contribution in [3.05, 3.63) is 64.3 Å². The molecule has 6 nitrogen and oxygen atoms in total. The molecule has 0 bridgehead atoms. The van der Waals surface area contributed by atoms with Gasteiger partial charge in [-0.2, -0.15) is 0 Å². The van der Waals surface area contributed by atoms with Gasteiger partial charge in [0.25, 0.3) is 5.91 Å². The van der Waals surface area contributed by atoms with Gasteiger partial charge in [-0.25, -0.2) is 4.79 Å². The highest BCUT2D eigenvalue weighted by molar-refractivity contribution is 6.30. The first-order chi connectivity index (χ1) is 15.5. The Morgan fingerprint density at radius 3 is 2.50 bits per heavy atom. The number of imide groups is 1. The Hall–Kier alpha value is -2.99. The van der Waals surface area contributed by atoms with E-state index in [9.17, 15) is 9.59 Å². The van der Waals surface area contributed by atoms with Crippen LogP contribution in [0.15, 0.2) is 48.2 Å². The number of rotatable bonds is 7. The fourth-order valence-corrected chi connectivity index (χ4v) is 4.26. The van der Waals surface area contributed by atoms with E-state index >= 15 is 0 Å². The van der Waals surface area contributed by atoms with Crippen molar-refractivity contribution in [2.24, 2.45) is 0 Å². The lowest BCUT2D eigenvalue weighted by Gasteiger charge is -2.28. The summed E-state index contributed by atoms with van der Waals surface area (Å²) in [6.07, 6.45) is 6.71. The lowest BCUT2D eigenvalue weighted by atomic mass is 9.94. The van der Waals surface area contributed by atoms with E-state index in [4.69, 9.17) is 21.1 Å². The maximum absolute atomic E-state index is 12.9. The zero-order valence-electron chi connectivity index (χ0n) is 18.1. The van der Waals surface area contributed by atoms with Gasteiger partial charge >= 0.3 is 6.03 Å². The lowest BCUT2D eigenvalue weighted by Crippen LogP contribution is -2.41. The summed E-state index contributed by atoms with van der Waals surface area (Å²) >= 11 is 5.94. The second kappa shape index (κ2) is 10.1. The minimum Gasteiger partial charge on any atom is -0.490 e. The van der Waals surface area contributed by atoms with Crippen LogP contribution in [0.2, 0.25) is 5.02 Å². The van der Waals surface area contributed by atoms with E-state index in [1.807, 2.05) is 49.4 Å². The van der Waals surface area contributed by atoms with Crippen LogP contribution < -0.4 is 14.8 Å². The number of nitrogens with zero attached hydrogens (tertiary/aromatic N) is 1. The quantitative estimate of drug-likeness (QED) is 0.440. The number of halogens is 1. The molecule has 1 aliphatic carbocycles. The predicted octanol–water partition coefficient (Wildman–Crippen LogP) is 5.54. The summed E-state index contributed by atoms with van der Waals surface area (Å²) in [4.78, 5) is 26.7. The Bertz CT molecular complexity index is 1010. The molecule has 0 atom stereocenters. The van der Waals surface area contributed by atoms with Crippen LogP contribution >= 0.6 is 11.6 Å². The highest BCUT2D eigenvalue weighted by Gasteiger charge is 2.38. The van der Waals surface area contributed by atoms with Crippen molar-refractivity contribution in [2.45, 2.75) is 51.7 Å². The molecular weight excluding hydrogens is 428 g/mol. The monoisotopic (exact) mass is 454 g/mol. The number of hydrogen-bond donors (Lipinski definition) is 1. The molecular formula is C25H27ClN2O4. The fourth-order valence-electron chi connectivity index (χ4n) is 4.13. The van der Waals surface area contributed by atoms with Gasteiger partial charge in [-0.15, -0.1) is 0 Å². The van der Waals surface area contributed by atoms with Crippen LogP contribution in [-0.4, -0.2) is 29.5 Å². The maximum atomic E-state index is 12.9. The Balaban J connectivity index is 1.50. The van der Waals surface area contributed by atoms with E-state index < -0.39 is 0 Å². The highest BCUT2D eigenvalue weighted by Crippen LogP contribution is 2.31. The second-order valence-corrected chi connectivity index (χ2v) is 8.45. The molecule has 0 aromatic heterocycles. The smallest absolute Gasteiger partial charge is 0.329 e. The zero-order valence-corrected chi connectivity index (χ0v) is 18.9. The molecule has 1 aliphatic heterocycles. The third-order valence-electron chi connectivity index (χ3n) is 5.74. The summed E-state index contributed by atoms with van der Waals surface area (Å²) < 4.78 is 11.7. The highest BCUT2D eigenvalue weighted by atomic mass is 35.5. The number of carbonyl (C=O) groups is 2. The lowest BCUT2D eigenvalue weighted by molar-refractivity contribution is -0.124. The maximum Gasteiger partial charge on any atom is 0.329 e. The molecule has 7 heteroatoms. The topological polar surface area (TPSA) is 67.9 Å². The zero-order chi connectivity index (χ0) is 22.5. The summed E-state index contributed by atoms with van der Waals surface area (Å²) in [5, 5.41) is 3.41. The Kier molecular flexibility index (Phi) is 7.00. The van der Waals surface area contributed by atoms with E-state index in [-0.39, 0.29) is 23.7 Å². The molecule has 2 aromatic rings. The molecule has 2 aromatic carbocycles. The molecule has 168 valence electrons. The van der Waals surface area contributed by atoms with Gasteiger partial charge in [-0.3, -0.25) is 9.69 Å². The molecule has 1 N–H and O–H groups in total. The summed E-state index contributed by atoms with van der Waals surface area (Å²) in [5.41, 5.74) is 2.03. The van der Waals surface area contributed by atoms with Crippen LogP contribution in [0.25, 0.3) is 6.08 Å². The number of carbonyl (C=O) groups excluding carboxylic acids is 2. The van der Waals surface area contributed by atoms with Crippen LogP contribution in [0.5, 0.6) is 11.5 Å². The molecule has 4 rings (SSSR count). The minimum atomic E-state index is -0.332. The van der Waals surface area contributed by atoms with Gasteiger partial charge in [0.05, 0.1) is 6.61 Å². The fraction of sp³-hybridized carbons (Fsp3) is 0.360. The van der Waals surface area contributed by atoms with Gasteiger partial charge in [0, 0.05) is 11.1 Å². The molecule has 0 unspecified atom stereocenters. The number of urea groups is 1. The van der Waals surface area contributed by atoms with Gasteiger partial charge < -0.3 is 14.8 Å². The third kappa shape index (κ3) is 5.07. The summed E-state index contributed by atoms with van der Waals surface area (Å²) in [5.74, 6) is 0.925. The summed E-state index contributed by atoms with van der Waals surface area (Å²) in [7, 11) is 0. The first-order valence-electron chi connectivity index (χ1n) is 11.1. The van der Waals surface area contributed by atoms with Gasteiger partial charge in [-0.1, -0.05) is 49.1 Å².